The first-order valence-electron chi connectivity index (χ1n) is 5.51. The van der Waals surface area contributed by atoms with Gasteiger partial charge in [-0.15, -0.1) is 0 Å². The van der Waals surface area contributed by atoms with E-state index in [0.717, 1.165) is 21.6 Å². The third kappa shape index (κ3) is 2.68. The molecule has 0 bridgehead atoms. The number of fused-ring (bicyclic) bond motifs is 1. The van der Waals surface area contributed by atoms with Crippen LogP contribution in [0, 0.1) is 0 Å². The summed E-state index contributed by atoms with van der Waals surface area (Å²) in [5.41, 5.74) is 1.87. The van der Waals surface area contributed by atoms with Crippen molar-refractivity contribution in [1.29, 1.82) is 0 Å². The highest BCUT2D eigenvalue weighted by atomic mass is 35.5. The van der Waals surface area contributed by atoms with Crippen LogP contribution in [-0.2, 0) is 4.74 Å². The molecule has 3 nitrogen and oxygen atoms in total. The molecule has 0 spiro atoms. The number of aromatic nitrogens is 1. The third-order valence-corrected chi connectivity index (χ3v) is 2.86. The van der Waals surface area contributed by atoms with Gasteiger partial charge >= 0.3 is 0 Å². The monoisotopic (exact) mass is 250 g/mol. The highest BCUT2D eigenvalue weighted by Crippen LogP contribution is 2.28. The molecule has 4 heteroatoms. The minimum absolute atomic E-state index is 0.228. The number of hydrogen-bond acceptors (Lipinski definition) is 3. The highest BCUT2D eigenvalue weighted by molar-refractivity contribution is 6.35. The Morgan fingerprint density at radius 1 is 1.41 bits per heavy atom. The second kappa shape index (κ2) is 5.34. The van der Waals surface area contributed by atoms with E-state index in [1.165, 1.54) is 0 Å². The van der Waals surface area contributed by atoms with Gasteiger partial charge in [-0.3, -0.25) is 4.98 Å². The molecule has 1 atom stereocenters. The highest BCUT2D eigenvalue weighted by Gasteiger charge is 2.08. The van der Waals surface area contributed by atoms with E-state index in [-0.39, 0.29) is 6.04 Å². The summed E-state index contributed by atoms with van der Waals surface area (Å²) in [6.45, 7) is 2.71. The Kier molecular flexibility index (Phi) is 3.82. The Hall–Kier alpha value is -1.32. The lowest BCUT2D eigenvalue weighted by atomic mass is 10.2. The topological polar surface area (TPSA) is 34.1 Å². The molecule has 0 aliphatic rings. The predicted octanol–water partition coefficient (Wildman–Crippen LogP) is 3.34. The molecule has 0 saturated carbocycles. The first-order chi connectivity index (χ1) is 8.22. The van der Waals surface area contributed by atoms with Crippen molar-refractivity contribution in [2.24, 2.45) is 0 Å². The van der Waals surface area contributed by atoms with Gasteiger partial charge in [-0.1, -0.05) is 11.6 Å². The van der Waals surface area contributed by atoms with Gasteiger partial charge in [0.25, 0.3) is 0 Å². The van der Waals surface area contributed by atoms with Crippen molar-refractivity contribution in [3.63, 3.8) is 0 Å². The Bertz CT molecular complexity index is 516. The Labute approximate surface area is 106 Å². The summed E-state index contributed by atoms with van der Waals surface area (Å²) in [5, 5.41) is 5.05. The summed E-state index contributed by atoms with van der Waals surface area (Å²) >= 11 is 6.13. The Morgan fingerprint density at radius 2 is 2.24 bits per heavy atom. The standard InChI is InChI=1S/C13H15ClN2O/c1-9(8-17-2)16-12-6-5-11(14)10-4-3-7-15-13(10)12/h3-7,9,16H,8H2,1-2H3. The van der Waals surface area contributed by atoms with Crippen molar-refractivity contribution in [1.82, 2.24) is 4.98 Å². The van der Waals surface area contributed by atoms with E-state index in [2.05, 4.69) is 17.2 Å². The average molecular weight is 251 g/mol. The summed E-state index contributed by atoms with van der Waals surface area (Å²) in [6, 6.07) is 7.91. The van der Waals surface area contributed by atoms with Crippen molar-refractivity contribution in [2.75, 3.05) is 19.0 Å². The molecule has 2 aromatic rings. The first kappa shape index (κ1) is 12.1. The van der Waals surface area contributed by atoms with E-state index < -0.39 is 0 Å². The van der Waals surface area contributed by atoms with Crippen LogP contribution in [0.15, 0.2) is 30.5 Å². The molecule has 1 aromatic heterocycles. The van der Waals surface area contributed by atoms with Crippen LogP contribution in [-0.4, -0.2) is 24.7 Å². The number of pyridine rings is 1. The first-order valence-corrected chi connectivity index (χ1v) is 5.89. The lowest BCUT2D eigenvalue weighted by molar-refractivity contribution is 0.190. The largest absolute Gasteiger partial charge is 0.383 e. The third-order valence-electron chi connectivity index (χ3n) is 2.54. The fourth-order valence-electron chi connectivity index (χ4n) is 1.81. The molecular formula is C13H15ClN2O. The number of halogens is 1. The molecule has 1 aromatic carbocycles. The van der Waals surface area contributed by atoms with Crippen LogP contribution in [0.5, 0.6) is 0 Å². The van der Waals surface area contributed by atoms with Gasteiger partial charge in [0.05, 0.1) is 22.8 Å². The quantitative estimate of drug-likeness (QED) is 0.904. The maximum atomic E-state index is 6.13. The molecule has 0 radical (unpaired) electrons. The van der Waals surface area contributed by atoms with E-state index in [0.29, 0.717) is 6.61 Å². The van der Waals surface area contributed by atoms with Crippen LogP contribution >= 0.6 is 11.6 Å². The molecule has 0 fully saturated rings. The maximum Gasteiger partial charge on any atom is 0.0948 e. The van der Waals surface area contributed by atoms with Crippen molar-refractivity contribution in [3.8, 4) is 0 Å². The van der Waals surface area contributed by atoms with Crippen molar-refractivity contribution < 1.29 is 4.74 Å². The molecule has 90 valence electrons. The molecule has 1 N–H and O–H groups in total. The maximum absolute atomic E-state index is 6.13. The second-order valence-electron chi connectivity index (χ2n) is 4.00. The van der Waals surface area contributed by atoms with Gasteiger partial charge in [-0.25, -0.2) is 0 Å². The minimum Gasteiger partial charge on any atom is -0.383 e. The SMILES string of the molecule is COCC(C)Nc1ccc(Cl)c2cccnc12. The number of ether oxygens (including phenoxy) is 1. The molecule has 1 unspecified atom stereocenters. The number of rotatable bonds is 4. The Morgan fingerprint density at radius 3 is 3.00 bits per heavy atom. The van der Waals surface area contributed by atoms with Crippen LogP contribution in [0.1, 0.15) is 6.92 Å². The van der Waals surface area contributed by atoms with E-state index in [4.69, 9.17) is 16.3 Å². The molecule has 0 amide bonds. The zero-order valence-corrected chi connectivity index (χ0v) is 10.7. The number of nitrogens with zero attached hydrogens (tertiary/aromatic N) is 1. The molecule has 17 heavy (non-hydrogen) atoms. The van der Waals surface area contributed by atoms with Crippen molar-refractivity contribution in [2.45, 2.75) is 13.0 Å². The predicted molar refractivity (Wildman–Crippen MR) is 71.7 cm³/mol. The van der Waals surface area contributed by atoms with Gasteiger partial charge in [0, 0.05) is 24.7 Å². The lowest BCUT2D eigenvalue weighted by Crippen LogP contribution is -2.20. The molecular weight excluding hydrogens is 236 g/mol. The van der Waals surface area contributed by atoms with E-state index in [1.54, 1.807) is 13.3 Å². The van der Waals surface area contributed by atoms with Crippen molar-refractivity contribution in [3.05, 3.63) is 35.5 Å². The fraction of sp³-hybridized carbons (Fsp3) is 0.308. The van der Waals surface area contributed by atoms with Gasteiger partial charge in [0.2, 0.25) is 0 Å². The van der Waals surface area contributed by atoms with Crippen molar-refractivity contribution >= 4 is 28.2 Å². The van der Waals surface area contributed by atoms with E-state index >= 15 is 0 Å². The number of nitrogens with one attached hydrogen (secondary N) is 1. The van der Waals surface area contributed by atoms with Gasteiger partial charge < -0.3 is 10.1 Å². The summed E-state index contributed by atoms with van der Waals surface area (Å²) in [5.74, 6) is 0. The van der Waals surface area contributed by atoms with Gasteiger partial charge in [0.1, 0.15) is 0 Å². The normalized spacial score (nSPS) is 12.6. The summed E-state index contributed by atoms with van der Waals surface area (Å²) in [6.07, 6.45) is 1.77. The number of methoxy groups -OCH3 is 1. The molecule has 2 rings (SSSR count). The number of benzene rings is 1. The Balaban J connectivity index is 2.38. The fourth-order valence-corrected chi connectivity index (χ4v) is 2.03. The number of hydrogen-bond donors (Lipinski definition) is 1. The average Bonchev–Trinajstić information content (AvgIpc) is 2.34. The lowest BCUT2D eigenvalue weighted by Gasteiger charge is -2.15. The molecule has 0 aliphatic heterocycles. The van der Waals surface area contributed by atoms with Crippen LogP contribution in [0.2, 0.25) is 5.02 Å². The van der Waals surface area contributed by atoms with E-state index in [9.17, 15) is 0 Å². The van der Waals surface area contributed by atoms with Gasteiger partial charge in [-0.2, -0.15) is 0 Å². The van der Waals surface area contributed by atoms with Crippen LogP contribution in [0.3, 0.4) is 0 Å². The van der Waals surface area contributed by atoms with E-state index in [1.807, 2.05) is 24.3 Å². The molecule has 1 heterocycles. The van der Waals surface area contributed by atoms with Gasteiger partial charge in [-0.05, 0) is 31.2 Å². The van der Waals surface area contributed by atoms with Crippen LogP contribution < -0.4 is 5.32 Å². The molecule has 0 aliphatic carbocycles. The zero-order chi connectivity index (χ0) is 12.3. The van der Waals surface area contributed by atoms with Crippen LogP contribution in [0.4, 0.5) is 5.69 Å². The zero-order valence-electron chi connectivity index (χ0n) is 9.90. The van der Waals surface area contributed by atoms with Crippen LogP contribution in [0.25, 0.3) is 10.9 Å². The smallest absolute Gasteiger partial charge is 0.0948 e. The molecule has 0 saturated heterocycles. The summed E-state index contributed by atoms with van der Waals surface area (Å²) in [7, 11) is 1.69. The summed E-state index contributed by atoms with van der Waals surface area (Å²) in [4.78, 5) is 4.37. The summed E-state index contributed by atoms with van der Waals surface area (Å²) < 4.78 is 5.10. The van der Waals surface area contributed by atoms with Gasteiger partial charge in [0.15, 0.2) is 0 Å². The number of anilines is 1. The minimum atomic E-state index is 0.228. The second-order valence-corrected chi connectivity index (χ2v) is 4.40.